The number of rotatable bonds is 3. The molecule has 2 rings (SSSR count). The molecule has 2 N–H and O–H groups in total. The minimum Gasteiger partial charge on any atom is -0.398 e. The second-order valence-corrected chi connectivity index (χ2v) is 6.29. The van der Waals surface area contributed by atoms with Crippen LogP contribution in [0.25, 0.3) is 0 Å². The minimum absolute atomic E-state index is 0.0470. The molecule has 5 nitrogen and oxygen atoms in total. The molecule has 0 amide bonds. The Morgan fingerprint density at radius 1 is 1.53 bits per heavy atom. The summed E-state index contributed by atoms with van der Waals surface area (Å²) in [6, 6.07) is 3.13. The highest BCUT2D eigenvalue weighted by Gasteiger charge is 2.34. The van der Waals surface area contributed by atoms with E-state index >= 15 is 0 Å². The summed E-state index contributed by atoms with van der Waals surface area (Å²) in [6.07, 6.45) is 0.653. The molecule has 1 aliphatic heterocycles. The summed E-state index contributed by atoms with van der Waals surface area (Å²) in [6.45, 7) is 2.92. The molecular weight excluding hydrogens is 271 g/mol. The van der Waals surface area contributed by atoms with Crippen LogP contribution in [0.15, 0.2) is 23.1 Å². The first-order chi connectivity index (χ1) is 8.96. The van der Waals surface area contributed by atoms with Crippen molar-refractivity contribution in [2.45, 2.75) is 24.3 Å². The fourth-order valence-corrected chi connectivity index (χ4v) is 3.92. The van der Waals surface area contributed by atoms with Gasteiger partial charge >= 0.3 is 0 Å². The lowest BCUT2D eigenvalue weighted by atomic mass is 10.2. The highest BCUT2D eigenvalue weighted by Crippen LogP contribution is 2.26. The van der Waals surface area contributed by atoms with Crippen LogP contribution in [0.4, 0.5) is 10.1 Å². The van der Waals surface area contributed by atoms with E-state index in [0.29, 0.717) is 19.6 Å². The number of halogens is 1. The number of benzene rings is 1. The average Bonchev–Trinajstić information content (AvgIpc) is 2.38. The molecule has 1 saturated heterocycles. The van der Waals surface area contributed by atoms with Gasteiger partial charge in [0.15, 0.2) is 0 Å². The Bertz CT molecular complexity index is 562. The lowest BCUT2D eigenvalue weighted by molar-refractivity contribution is 0.0314. The Balaban J connectivity index is 2.40. The predicted molar refractivity (Wildman–Crippen MR) is 69.6 cm³/mol. The van der Waals surface area contributed by atoms with Gasteiger partial charge in [0.05, 0.1) is 18.9 Å². The van der Waals surface area contributed by atoms with Crippen LogP contribution in [0.1, 0.15) is 13.3 Å². The fraction of sp³-hybridized carbons (Fsp3) is 0.500. The molecule has 1 aliphatic rings. The molecule has 1 fully saturated rings. The molecule has 1 aromatic carbocycles. The second kappa shape index (κ2) is 5.44. The Morgan fingerprint density at radius 2 is 2.26 bits per heavy atom. The van der Waals surface area contributed by atoms with Gasteiger partial charge in [-0.3, -0.25) is 0 Å². The van der Waals surface area contributed by atoms with Crippen molar-refractivity contribution < 1.29 is 17.5 Å². The summed E-state index contributed by atoms with van der Waals surface area (Å²) in [7, 11) is -3.71. The van der Waals surface area contributed by atoms with Crippen LogP contribution in [-0.2, 0) is 14.8 Å². The van der Waals surface area contributed by atoms with Crippen molar-refractivity contribution in [3.05, 3.63) is 24.0 Å². The third kappa shape index (κ3) is 2.72. The fourth-order valence-electron chi connectivity index (χ4n) is 2.16. The number of ether oxygens (including phenoxy) is 1. The van der Waals surface area contributed by atoms with Gasteiger partial charge < -0.3 is 10.5 Å². The zero-order valence-electron chi connectivity index (χ0n) is 10.7. The largest absolute Gasteiger partial charge is 0.398 e. The molecule has 1 unspecified atom stereocenters. The maximum Gasteiger partial charge on any atom is 0.245 e. The van der Waals surface area contributed by atoms with Crippen molar-refractivity contribution in [1.82, 2.24) is 4.31 Å². The summed E-state index contributed by atoms with van der Waals surface area (Å²) < 4.78 is 44.8. The van der Waals surface area contributed by atoms with Crippen LogP contribution < -0.4 is 5.73 Å². The first-order valence-electron chi connectivity index (χ1n) is 6.11. The molecule has 106 valence electrons. The third-order valence-corrected chi connectivity index (χ3v) is 5.23. The highest BCUT2D eigenvalue weighted by atomic mass is 32.2. The molecular formula is C12H17FN2O3S. The number of hydrogen-bond donors (Lipinski definition) is 1. The number of anilines is 1. The molecule has 0 aromatic heterocycles. The molecule has 1 heterocycles. The monoisotopic (exact) mass is 288 g/mol. The SMILES string of the molecule is CCC1COCCN1S(=O)(=O)c1ccc(F)cc1N. The van der Waals surface area contributed by atoms with Crippen LogP contribution in [0.2, 0.25) is 0 Å². The molecule has 0 aliphatic carbocycles. The summed E-state index contributed by atoms with van der Waals surface area (Å²) >= 11 is 0. The van der Waals surface area contributed by atoms with Gasteiger partial charge in [0.1, 0.15) is 10.7 Å². The zero-order chi connectivity index (χ0) is 14.0. The van der Waals surface area contributed by atoms with Crippen LogP contribution in [-0.4, -0.2) is 38.5 Å². The van der Waals surface area contributed by atoms with Crippen molar-refractivity contribution >= 4 is 15.7 Å². The lowest BCUT2D eigenvalue weighted by Crippen LogP contribution is -2.48. The van der Waals surface area contributed by atoms with Gasteiger partial charge in [-0.15, -0.1) is 0 Å². The van der Waals surface area contributed by atoms with E-state index in [0.717, 1.165) is 12.1 Å². The minimum atomic E-state index is -3.71. The Kier molecular flexibility index (Phi) is 4.07. The Hall–Kier alpha value is -1.18. The summed E-state index contributed by atoms with van der Waals surface area (Å²) in [5, 5.41) is 0. The van der Waals surface area contributed by atoms with Gasteiger partial charge in [0.25, 0.3) is 0 Å². The maximum absolute atomic E-state index is 13.0. The number of hydrogen-bond acceptors (Lipinski definition) is 4. The summed E-state index contributed by atoms with van der Waals surface area (Å²) in [5.41, 5.74) is 5.56. The molecule has 0 radical (unpaired) electrons. The van der Waals surface area contributed by atoms with Crippen molar-refractivity contribution in [1.29, 1.82) is 0 Å². The third-order valence-electron chi connectivity index (χ3n) is 3.20. The lowest BCUT2D eigenvalue weighted by Gasteiger charge is -2.34. The smallest absolute Gasteiger partial charge is 0.245 e. The molecule has 1 aromatic rings. The Morgan fingerprint density at radius 3 is 2.89 bits per heavy atom. The van der Waals surface area contributed by atoms with Crippen molar-refractivity contribution in [2.24, 2.45) is 0 Å². The van der Waals surface area contributed by atoms with E-state index in [4.69, 9.17) is 10.5 Å². The predicted octanol–water partition coefficient (Wildman–Crippen LogP) is 1.21. The number of sulfonamides is 1. The van der Waals surface area contributed by atoms with E-state index in [1.807, 2.05) is 6.92 Å². The molecule has 1 atom stereocenters. The first-order valence-corrected chi connectivity index (χ1v) is 7.55. The van der Waals surface area contributed by atoms with Gasteiger partial charge in [-0.2, -0.15) is 4.31 Å². The van der Waals surface area contributed by atoms with Gasteiger partial charge in [-0.05, 0) is 24.6 Å². The summed E-state index contributed by atoms with van der Waals surface area (Å²) in [4.78, 5) is -0.0470. The van der Waals surface area contributed by atoms with Crippen LogP contribution >= 0.6 is 0 Å². The first kappa shape index (κ1) is 14.2. The molecule has 19 heavy (non-hydrogen) atoms. The standard InChI is InChI=1S/C12H17FN2O3S/c1-2-10-8-18-6-5-15(10)19(16,17)12-4-3-9(13)7-11(12)14/h3-4,7,10H,2,5-6,8,14H2,1H3. The highest BCUT2D eigenvalue weighted by molar-refractivity contribution is 7.89. The van der Waals surface area contributed by atoms with Crippen LogP contribution in [0, 0.1) is 5.82 Å². The van der Waals surface area contributed by atoms with Gasteiger partial charge in [0, 0.05) is 12.6 Å². The van der Waals surface area contributed by atoms with E-state index in [-0.39, 0.29) is 23.2 Å². The molecule has 0 saturated carbocycles. The molecule has 7 heteroatoms. The van der Waals surface area contributed by atoms with Gasteiger partial charge in [-0.1, -0.05) is 6.92 Å². The average molecular weight is 288 g/mol. The normalized spacial score (nSPS) is 21.5. The second-order valence-electron chi connectivity index (χ2n) is 4.43. The number of nitrogen functional groups attached to an aromatic ring is 1. The molecule has 0 spiro atoms. The quantitative estimate of drug-likeness (QED) is 0.848. The van der Waals surface area contributed by atoms with Gasteiger partial charge in [0.2, 0.25) is 10.0 Å². The van der Waals surface area contributed by atoms with E-state index < -0.39 is 15.8 Å². The topological polar surface area (TPSA) is 72.6 Å². The summed E-state index contributed by atoms with van der Waals surface area (Å²) in [5.74, 6) is -0.550. The Labute approximate surface area is 112 Å². The zero-order valence-corrected chi connectivity index (χ0v) is 11.5. The number of nitrogens with two attached hydrogens (primary N) is 1. The van der Waals surface area contributed by atoms with E-state index in [9.17, 15) is 12.8 Å². The van der Waals surface area contributed by atoms with Crippen LogP contribution in [0.3, 0.4) is 0 Å². The number of morpholine rings is 1. The number of nitrogens with zero attached hydrogens (tertiary/aromatic N) is 1. The van der Waals surface area contributed by atoms with E-state index in [1.54, 1.807) is 0 Å². The van der Waals surface area contributed by atoms with E-state index in [2.05, 4.69) is 0 Å². The van der Waals surface area contributed by atoms with E-state index in [1.165, 1.54) is 10.4 Å². The van der Waals surface area contributed by atoms with Crippen LogP contribution in [0.5, 0.6) is 0 Å². The van der Waals surface area contributed by atoms with Crippen molar-refractivity contribution in [3.8, 4) is 0 Å². The molecule has 0 bridgehead atoms. The maximum atomic E-state index is 13.0. The van der Waals surface area contributed by atoms with Crippen molar-refractivity contribution in [2.75, 3.05) is 25.5 Å². The van der Waals surface area contributed by atoms with Gasteiger partial charge in [-0.25, -0.2) is 12.8 Å². The van der Waals surface area contributed by atoms with Crippen molar-refractivity contribution in [3.63, 3.8) is 0 Å².